The quantitative estimate of drug-likeness (QED) is 0.645. The average molecular weight is 284 g/mol. The normalized spacial score (nSPS) is 14.0. The molecule has 3 rings (SSSR count). The standard InChI is InChI=1S/C15H20N6/c1-10-13(20-16)18-14(11-6-7-11)19-15(10)21(2)9-12-5-3-4-8-17-12/h3-5,8,11H,6-7,9,16H2,1-2H3,(H,18,19,20). The third kappa shape index (κ3) is 2.95. The summed E-state index contributed by atoms with van der Waals surface area (Å²) in [6, 6.07) is 5.92. The van der Waals surface area contributed by atoms with Crippen LogP contribution in [0.4, 0.5) is 11.6 Å². The lowest BCUT2D eigenvalue weighted by atomic mass is 10.2. The number of nitrogen functional groups attached to an aromatic ring is 1. The highest BCUT2D eigenvalue weighted by atomic mass is 15.3. The fourth-order valence-corrected chi connectivity index (χ4v) is 2.37. The molecule has 21 heavy (non-hydrogen) atoms. The zero-order valence-electron chi connectivity index (χ0n) is 12.4. The molecule has 2 aromatic rings. The molecule has 0 unspecified atom stereocenters. The Kier molecular flexibility index (Phi) is 3.70. The van der Waals surface area contributed by atoms with Gasteiger partial charge in [0.05, 0.1) is 12.2 Å². The molecule has 1 fully saturated rings. The summed E-state index contributed by atoms with van der Waals surface area (Å²) in [6.07, 6.45) is 4.13. The van der Waals surface area contributed by atoms with Gasteiger partial charge >= 0.3 is 0 Å². The molecule has 6 nitrogen and oxygen atoms in total. The van der Waals surface area contributed by atoms with Crippen molar-refractivity contribution < 1.29 is 0 Å². The number of hydrazine groups is 1. The van der Waals surface area contributed by atoms with Gasteiger partial charge in [0.25, 0.3) is 0 Å². The van der Waals surface area contributed by atoms with Crippen molar-refractivity contribution in [2.24, 2.45) is 5.84 Å². The number of anilines is 2. The Balaban J connectivity index is 1.90. The van der Waals surface area contributed by atoms with Crippen LogP contribution in [0.3, 0.4) is 0 Å². The zero-order valence-corrected chi connectivity index (χ0v) is 12.4. The number of hydrogen-bond donors (Lipinski definition) is 2. The third-order valence-corrected chi connectivity index (χ3v) is 3.70. The van der Waals surface area contributed by atoms with Crippen LogP contribution in [-0.4, -0.2) is 22.0 Å². The SMILES string of the molecule is Cc1c(NN)nc(C2CC2)nc1N(C)Cc1ccccn1. The van der Waals surface area contributed by atoms with Crippen molar-refractivity contribution in [3.63, 3.8) is 0 Å². The van der Waals surface area contributed by atoms with E-state index in [-0.39, 0.29) is 0 Å². The van der Waals surface area contributed by atoms with Crippen LogP contribution in [0.1, 0.15) is 35.8 Å². The van der Waals surface area contributed by atoms with E-state index in [1.54, 1.807) is 6.20 Å². The van der Waals surface area contributed by atoms with E-state index in [0.29, 0.717) is 18.3 Å². The van der Waals surface area contributed by atoms with Crippen LogP contribution in [0.25, 0.3) is 0 Å². The van der Waals surface area contributed by atoms with Gasteiger partial charge in [-0.05, 0) is 31.9 Å². The van der Waals surface area contributed by atoms with Crippen LogP contribution in [0, 0.1) is 6.92 Å². The predicted octanol–water partition coefficient (Wildman–Crippen LogP) is 1.98. The molecule has 0 aromatic carbocycles. The summed E-state index contributed by atoms with van der Waals surface area (Å²) in [4.78, 5) is 15.7. The van der Waals surface area contributed by atoms with Crippen molar-refractivity contribution in [1.29, 1.82) is 0 Å². The van der Waals surface area contributed by atoms with E-state index in [9.17, 15) is 0 Å². The number of rotatable bonds is 5. The molecule has 0 aliphatic heterocycles. The van der Waals surface area contributed by atoms with E-state index in [0.717, 1.165) is 35.7 Å². The summed E-state index contributed by atoms with van der Waals surface area (Å²) in [5, 5.41) is 0. The van der Waals surface area contributed by atoms with Gasteiger partial charge in [-0.25, -0.2) is 15.8 Å². The van der Waals surface area contributed by atoms with Crippen LogP contribution >= 0.6 is 0 Å². The number of nitrogens with zero attached hydrogens (tertiary/aromatic N) is 4. The number of aromatic nitrogens is 3. The molecular formula is C15H20N6. The molecule has 6 heteroatoms. The molecule has 1 aliphatic carbocycles. The molecule has 1 aliphatic rings. The fourth-order valence-electron chi connectivity index (χ4n) is 2.37. The minimum absolute atomic E-state index is 0.486. The molecule has 110 valence electrons. The van der Waals surface area contributed by atoms with Crippen LogP contribution in [-0.2, 0) is 6.54 Å². The largest absolute Gasteiger partial charge is 0.353 e. The summed E-state index contributed by atoms with van der Waals surface area (Å²) in [5.41, 5.74) is 4.65. The lowest BCUT2D eigenvalue weighted by Crippen LogP contribution is -2.22. The van der Waals surface area contributed by atoms with E-state index in [2.05, 4.69) is 20.3 Å². The summed E-state index contributed by atoms with van der Waals surface area (Å²) in [6.45, 7) is 2.68. The molecule has 0 spiro atoms. The highest BCUT2D eigenvalue weighted by Crippen LogP contribution is 2.39. The van der Waals surface area contributed by atoms with Crippen molar-refractivity contribution in [3.8, 4) is 0 Å². The highest BCUT2D eigenvalue weighted by molar-refractivity contribution is 5.58. The second kappa shape index (κ2) is 5.65. The minimum atomic E-state index is 0.486. The van der Waals surface area contributed by atoms with Gasteiger partial charge in [0.2, 0.25) is 0 Å². The summed E-state index contributed by atoms with van der Waals surface area (Å²) >= 11 is 0. The molecule has 3 N–H and O–H groups in total. The van der Waals surface area contributed by atoms with Crippen LogP contribution < -0.4 is 16.2 Å². The second-order valence-corrected chi connectivity index (χ2v) is 5.47. The third-order valence-electron chi connectivity index (χ3n) is 3.70. The Bertz CT molecular complexity index is 624. The Morgan fingerprint density at radius 1 is 1.33 bits per heavy atom. The van der Waals surface area contributed by atoms with E-state index < -0.39 is 0 Å². The fraction of sp³-hybridized carbons (Fsp3) is 0.400. The van der Waals surface area contributed by atoms with Gasteiger partial charge < -0.3 is 10.3 Å². The minimum Gasteiger partial charge on any atom is -0.353 e. The topological polar surface area (TPSA) is 80.0 Å². The van der Waals surface area contributed by atoms with Gasteiger partial charge in [0.1, 0.15) is 17.5 Å². The molecule has 2 heterocycles. The molecule has 0 atom stereocenters. The van der Waals surface area contributed by atoms with Crippen molar-refractivity contribution in [2.45, 2.75) is 32.2 Å². The first-order chi connectivity index (χ1) is 10.2. The Morgan fingerprint density at radius 3 is 2.76 bits per heavy atom. The van der Waals surface area contributed by atoms with E-state index in [4.69, 9.17) is 10.8 Å². The van der Waals surface area contributed by atoms with Gasteiger partial charge in [0.15, 0.2) is 0 Å². The second-order valence-electron chi connectivity index (χ2n) is 5.47. The Labute approximate surface area is 124 Å². The van der Waals surface area contributed by atoms with Crippen molar-refractivity contribution >= 4 is 11.6 Å². The van der Waals surface area contributed by atoms with Gasteiger partial charge in [-0.2, -0.15) is 0 Å². The van der Waals surface area contributed by atoms with Gasteiger partial charge in [-0.15, -0.1) is 0 Å². The zero-order chi connectivity index (χ0) is 14.8. The molecule has 2 aromatic heterocycles. The molecule has 0 amide bonds. The van der Waals surface area contributed by atoms with Crippen LogP contribution in [0.2, 0.25) is 0 Å². The number of nitrogens with two attached hydrogens (primary N) is 1. The number of nitrogens with one attached hydrogen (secondary N) is 1. The van der Waals surface area contributed by atoms with Gasteiger partial charge in [-0.1, -0.05) is 6.07 Å². The molecule has 0 radical (unpaired) electrons. The Morgan fingerprint density at radius 2 is 2.14 bits per heavy atom. The van der Waals surface area contributed by atoms with Gasteiger partial charge in [0, 0.05) is 24.7 Å². The predicted molar refractivity (Wildman–Crippen MR) is 82.9 cm³/mol. The molecule has 1 saturated carbocycles. The monoisotopic (exact) mass is 284 g/mol. The summed E-state index contributed by atoms with van der Waals surface area (Å²) in [7, 11) is 2.01. The van der Waals surface area contributed by atoms with E-state index >= 15 is 0 Å². The summed E-state index contributed by atoms with van der Waals surface area (Å²) < 4.78 is 0. The average Bonchev–Trinajstić information content (AvgIpc) is 3.33. The first kappa shape index (κ1) is 13.8. The first-order valence-electron chi connectivity index (χ1n) is 7.15. The number of pyridine rings is 1. The maximum absolute atomic E-state index is 5.59. The molecular weight excluding hydrogens is 264 g/mol. The lowest BCUT2D eigenvalue weighted by molar-refractivity contribution is 0.828. The van der Waals surface area contributed by atoms with Crippen molar-refractivity contribution in [3.05, 3.63) is 41.5 Å². The van der Waals surface area contributed by atoms with Crippen LogP contribution in [0.5, 0.6) is 0 Å². The number of hydrogen-bond acceptors (Lipinski definition) is 6. The summed E-state index contributed by atoms with van der Waals surface area (Å²) in [5.74, 6) is 8.57. The maximum atomic E-state index is 5.59. The van der Waals surface area contributed by atoms with E-state index in [1.165, 1.54) is 0 Å². The molecule has 0 saturated heterocycles. The smallest absolute Gasteiger partial charge is 0.148 e. The maximum Gasteiger partial charge on any atom is 0.148 e. The highest BCUT2D eigenvalue weighted by Gasteiger charge is 2.28. The van der Waals surface area contributed by atoms with E-state index in [1.807, 2.05) is 32.2 Å². The van der Waals surface area contributed by atoms with Crippen molar-refractivity contribution in [2.75, 3.05) is 17.4 Å². The first-order valence-corrected chi connectivity index (χ1v) is 7.15. The van der Waals surface area contributed by atoms with Crippen molar-refractivity contribution in [1.82, 2.24) is 15.0 Å². The molecule has 0 bridgehead atoms. The van der Waals surface area contributed by atoms with Crippen LogP contribution in [0.15, 0.2) is 24.4 Å². The Hall–Kier alpha value is -2.21. The van der Waals surface area contributed by atoms with Gasteiger partial charge in [-0.3, -0.25) is 4.98 Å². The lowest BCUT2D eigenvalue weighted by Gasteiger charge is -2.21.